The number of aryl methyl sites for hydroxylation is 1. The topological polar surface area (TPSA) is 66.9 Å². The molecule has 1 aliphatic carbocycles. The number of anilines is 1. The van der Waals surface area contributed by atoms with E-state index in [2.05, 4.69) is 20.6 Å². The fraction of sp³-hybridized carbons (Fsp3) is 0.353. The van der Waals surface area contributed by atoms with E-state index in [9.17, 15) is 9.18 Å². The number of hydrogen-bond donors (Lipinski definition) is 2. The summed E-state index contributed by atoms with van der Waals surface area (Å²) in [6, 6.07) is 6.01. The molecule has 3 unspecified atom stereocenters. The molecule has 1 aromatic heterocycles. The van der Waals surface area contributed by atoms with Crippen molar-refractivity contribution in [2.45, 2.75) is 31.8 Å². The largest absolute Gasteiger partial charge is 0.325 e. The predicted molar refractivity (Wildman–Crippen MR) is 91.5 cm³/mol. The van der Waals surface area contributed by atoms with Gasteiger partial charge in [-0.05, 0) is 43.4 Å². The maximum absolute atomic E-state index is 13.0. The van der Waals surface area contributed by atoms with Crippen LogP contribution in [-0.4, -0.2) is 28.0 Å². The first kappa shape index (κ1) is 16.8. The first-order chi connectivity index (χ1) is 11.1. The van der Waals surface area contributed by atoms with Gasteiger partial charge < -0.3 is 10.6 Å². The van der Waals surface area contributed by atoms with Gasteiger partial charge in [0.15, 0.2) is 11.6 Å². The van der Waals surface area contributed by atoms with Gasteiger partial charge in [-0.15, -0.1) is 12.4 Å². The molecule has 2 N–H and O–H groups in total. The minimum atomic E-state index is -0.471. The molecule has 2 aromatic rings. The summed E-state index contributed by atoms with van der Waals surface area (Å²) < 4.78 is 13.0. The average molecular weight is 349 g/mol. The third kappa shape index (κ3) is 3.25. The van der Waals surface area contributed by atoms with E-state index in [4.69, 9.17) is 0 Å². The number of halogens is 2. The van der Waals surface area contributed by atoms with Crippen molar-refractivity contribution in [3.05, 3.63) is 42.0 Å². The van der Waals surface area contributed by atoms with Crippen LogP contribution in [-0.2, 0) is 4.79 Å². The second kappa shape index (κ2) is 6.45. The summed E-state index contributed by atoms with van der Waals surface area (Å²) in [7, 11) is 0. The number of piperidine rings is 1. The molecule has 0 spiro atoms. The fourth-order valence-electron chi connectivity index (χ4n) is 3.15. The molecule has 1 saturated carbocycles. The lowest BCUT2D eigenvalue weighted by Gasteiger charge is -2.14. The van der Waals surface area contributed by atoms with Crippen LogP contribution >= 0.6 is 12.4 Å². The molecule has 0 bridgehead atoms. The average Bonchev–Trinajstić information content (AvgIpc) is 3.16. The third-order valence-corrected chi connectivity index (χ3v) is 4.56. The predicted octanol–water partition coefficient (Wildman–Crippen LogP) is 2.70. The Morgan fingerprint density at radius 2 is 2.04 bits per heavy atom. The van der Waals surface area contributed by atoms with Crippen molar-refractivity contribution in [1.82, 2.24) is 15.3 Å². The Hall–Kier alpha value is -2.05. The van der Waals surface area contributed by atoms with Crippen molar-refractivity contribution in [2.75, 3.05) is 5.32 Å². The molecule has 2 heterocycles. The van der Waals surface area contributed by atoms with Crippen molar-refractivity contribution in [3.63, 3.8) is 0 Å². The Labute approximate surface area is 145 Å². The highest BCUT2D eigenvalue weighted by molar-refractivity contribution is 5.95. The maximum atomic E-state index is 13.0. The molecular formula is C17H18ClFN4O. The normalized spacial score (nSPS) is 24.0. The minimum absolute atomic E-state index is 0. The van der Waals surface area contributed by atoms with Crippen LogP contribution in [0.3, 0.4) is 0 Å². The van der Waals surface area contributed by atoms with Crippen LogP contribution < -0.4 is 10.6 Å². The van der Waals surface area contributed by atoms with Crippen LogP contribution in [0.2, 0.25) is 0 Å². The summed E-state index contributed by atoms with van der Waals surface area (Å²) in [6.07, 6.45) is 4.39. The quantitative estimate of drug-likeness (QED) is 0.895. The third-order valence-electron chi connectivity index (χ3n) is 4.56. The highest BCUT2D eigenvalue weighted by Crippen LogP contribution is 2.40. The van der Waals surface area contributed by atoms with Crippen molar-refractivity contribution >= 4 is 24.0 Å². The van der Waals surface area contributed by atoms with Crippen molar-refractivity contribution in [3.8, 4) is 11.4 Å². The lowest BCUT2D eigenvalue weighted by Crippen LogP contribution is -2.37. The summed E-state index contributed by atoms with van der Waals surface area (Å²) in [5, 5.41) is 6.28. The zero-order valence-corrected chi connectivity index (χ0v) is 13.9. The van der Waals surface area contributed by atoms with Gasteiger partial charge in [-0.25, -0.2) is 14.4 Å². The van der Waals surface area contributed by atoms with Crippen LogP contribution in [0.4, 0.5) is 10.1 Å². The second-order valence-corrected chi connectivity index (χ2v) is 6.30. The zero-order chi connectivity index (χ0) is 16.0. The Morgan fingerprint density at radius 1 is 1.29 bits per heavy atom. The second-order valence-electron chi connectivity index (χ2n) is 6.30. The van der Waals surface area contributed by atoms with E-state index in [1.807, 2.05) is 25.1 Å². The summed E-state index contributed by atoms with van der Waals surface area (Å²) in [4.78, 5) is 20.3. The first-order valence-corrected chi connectivity index (χ1v) is 7.75. The summed E-state index contributed by atoms with van der Waals surface area (Å²) in [5.41, 5.74) is 2.45. The van der Waals surface area contributed by atoms with Gasteiger partial charge in [0.2, 0.25) is 5.91 Å². The Morgan fingerprint density at radius 3 is 2.71 bits per heavy atom. The number of carbonyl (C=O) groups excluding carboxylic acids is 1. The van der Waals surface area contributed by atoms with Gasteiger partial charge in [-0.3, -0.25) is 4.79 Å². The summed E-state index contributed by atoms with van der Waals surface area (Å²) >= 11 is 0. The SMILES string of the molecule is Cc1ccc(NC(=O)C2CC3CC3N2)cc1-c1ncc(F)cn1.Cl. The molecule has 4 rings (SSSR count). The fourth-order valence-corrected chi connectivity index (χ4v) is 3.15. The Bertz CT molecular complexity index is 758. The molecule has 5 nitrogen and oxygen atoms in total. The molecule has 1 aromatic carbocycles. The van der Waals surface area contributed by atoms with E-state index in [1.54, 1.807) is 0 Å². The van der Waals surface area contributed by atoms with Crippen molar-refractivity contribution in [2.24, 2.45) is 5.92 Å². The highest BCUT2D eigenvalue weighted by atomic mass is 35.5. The van der Waals surface area contributed by atoms with E-state index in [0.717, 1.165) is 29.9 Å². The van der Waals surface area contributed by atoms with Gasteiger partial charge >= 0.3 is 0 Å². The van der Waals surface area contributed by atoms with Crippen molar-refractivity contribution in [1.29, 1.82) is 0 Å². The molecule has 126 valence electrons. The summed E-state index contributed by atoms with van der Waals surface area (Å²) in [6.45, 7) is 1.93. The molecule has 1 amide bonds. The van der Waals surface area contributed by atoms with Gasteiger partial charge in [0.1, 0.15) is 0 Å². The van der Waals surface area contributed by atoms with Gasteiger partial charge in [0.05, 0.1) is 18.4 Å². The smallest absolute Gasteiger partial charge is 0.241 e. The Kier molecular flexibility index (Phi) is 4.51. The van der Waals surface area contributed by atoms with E-state index >= 15 is 0 Å². The number of benzene rings is 1. The number of hydrogen-bond acceptors (Lipinski definition) is 4. The Balaban J connectivity index is 0.00000169. The molecule has 24 heavy (non-hydrogen) atoms. The van der Waals surface area contributed by atoms with Crippen molar-refractivity contribution < 1.29 is 9.18 Å². The number of amides is 1. The van der Waals surface area contributed by atoms with Gasteiger partial charge in [-0.1, -0.05) is 6.07 Å². The molecule has 0 radical (unpaired) electrons. The summed E-state index contributed by atoms with van der Waals surface area (Å²) in [5.74, 6) is 0.640. The maximum Gasteiger partial charge on any atom is 0.241 e. The number of carbonyl (C=O) groups is 1. The van der Waals surface area contributed by atoms with E-state index < -0.39 is 5.82 Å². The monoisotopic (exact) mass is 348 g/mol. The van der Waals surface area contributed by atoms with E-state index in [0.29, 0.717) is 23.5 Å². The van der Waals surface area contributed by atoms with Gasteiger partial charge in [-0.2, -0.15) is 0 Å². The van der Waals surface area contributed by atoms with Crippen LogP contribution in [0.5, 0.6) is 0 Å². The van der Waals surface area contributed by atoms with Crippen LogP contribution in [0.15, 0.2) is 30.6 Å². The minimum Gasteiger partial charge on any atom is -0.325 e. The molecule has 3 atom stereocenters. The first-order valence-electron chi connectivity index (χ1n) is 7.75. The standard InChI is InChI=1S/C17H17FN4O.ClH/c1-9-2-3-12(6-13(9)16-19-7-11(18)8-20-16)21-17(23)15-5-10-4-14(10)22-15;/h2-3,6-8,10,14-15,22H,4-5H2,1H3,(H,21,23);1H. The van der Waals surface area contributed by atoms with E-state index in [-0.39, 0.29) is 24.4 Å². The number of fused-ring (bicyclic) bond motifs is 1. The number of rotatable bonds is 3. The lowest BCUT2D eigenvalue weighted by molar-refractivity contribution is -0.118. The molecule has 2 fully saturated rings. The number of nitrogens with zero attached hydrogens (tertiary/aromatic N) is 2. The van der Waals surface area contributed by atoms with E-state index in [1.165, 1.54) is 6.42 Å². The molecule has 7 heteroatoms. The molecule has 2 aliphatic rings. The van der Waals surface area contributed by atoms with Crippen LogP contribution in [0.1, 0.15) is 18.4 Å². The van der Waals surface area contributed by atoms with Gasteiger partial charge in [0, 0.05) is 17.3 Å². The molecule has 1 aliphatic heterocycles. The van der Waals surface area contributed by atoms with Crippen LogP contribution in [0.25, 0.3) is 11.4 Å². The molecule has 1 saturated heterocycles. The number of aromatic nitrogens is 2. The molecular weight excluding hydrogens is 331 g/mol. The number of nitrogens with one attached hydrogen (secondary N) is 2. The zero-order valence-electron chi connectivity index (χ0n) is 13.1. The van der Waals surface area contributed by atoms with Crippen LogP contribution in [0, 0.1) is 18.7 Å². The lowest BCUT2D eigenvalue weighted by atomic mass is 10.1. The van der Waals surface area contributed by atoms with Gasteiger partial charge in [0.25, 0.3) is 0 Å². The highest BCUT2D eigenvalue weighted by Gasteiger charge is 2.47.